The van der Waals surface area contributed by atoms with Crippen molar-refractivity contribution in [3.8, 4) is 0 Å². The predicted molar refractivity (Wildman–Crippen MR) is 81.9 cm³/mol. The Morgan fingerprint density at radius 3 is 2.74 bits per heavy atom. The Labute approximate surface area is 121 Å². The van der Waals surface area contributed by atoms with Crippen LogP contribution in [-0.2, 0) is 6.54 Å². The topological polar surface area (TPSA) is 28.2 Å². The third-order valence-electron chi connectivity index (χ3n) is 3.84. The van der Waals surface area contributed by atoms with E-state index in [1.54, 1.807) is 0 Å². The Bertz CT molecular complexity index is 404. The second-order valence-electron chi connectivity index (χ2n) is 5.26. The molecule has 19 heavy (non-hydrogen) atoms. The maximum Gasteiger partial charge on any atom is 0.147 e. The molecule has 0 aliphatic heterocycles. The van der Waals surface area contributed by atoms with Crippen molar-refractivity contribution in [1.82, 2.24) is 10.3 Å². The molecule has 106 valence electrons. The van der Waals surface area contributed by atoms with E-state index in [9.17, 15) is 0 Å². The number of nitrogens with zero attached hydrogens (tertiary/aromatic N) is 2. The van der Waals surface area contributed by atoms with Crippen molar-refractivity contribution >= 4 is 17.4 Å². The van der Waals surface area contributed by atoms with Crippen LogP contribution in [0.3, 0.4) is 0 Å². The van der Waals surface area contributed by atoms with Gasteiger partial charge in [-0.3, -0.25) is 0 Å². The van der Waals surface area contributed by atoms with Crippen LogP contribution < -0.4 is 10.2 Å². The molecule has 2 rings (SSSR count). The molecule has 1 N–H and O–H groups in total. The summed E-state index contributed by atoms with van der Waals surface area (Å²) in [4.78, 5) is 6.88. The Balaban J connectivity index is 2.04. The highest BCUT2D eigenvalue weighted by Crippen LogP contribution is 2.30. The monoisotopic (exact) mass is 281 g/mol. The zero-order valence-corrected chi connectivity index (χ0v) is 12.7. The van der Waals surface area contributed by atoms with Gasteiger partial charge in [-0.1, -0.05) is 24.9 Å². The van der Waals surface area contributed by atoms with Crippen molar-refractivity contribution in [2.75, 3.05) is 24.5 Å². The van der Waals surface area contributed by atoms with Gasteiger partial charge < -0.3 is 10.2 Å². The number of hydrogen-bond donors (Lipinski definition) is 1. The number of hydrogen-bond acceptors (Lipinski definition) is 3. The molecule has 0 radical (unpaired) electrons. The average molecular weight is 282 g/mol. The normalized spacial score (nSPS) is 15.3. The van der Waals surface area contributed by atoms with Crippen molar-refractivity contribution in [2.45, 2.75) is 39.7 Å². The van der Waals surface area contributed by atoms with E-state index in [4.69, 9.17) is 11.6 Å². The summed E-state index contributed by atoms with van der Waals surface area (Å²) in [6.07, 6.45) is 6.03. The minimum atomic E-state index is 0.775. The van der Waals surface area contributed by atoms with E-state index in [-0.39, 0.29) is 0 Å². The van der Waals surface area contributed by atoms with Gasteiger partial charge in [-0.15, -0.1) is 0 Å². The molecule has 1 heterocycles. The molecule has 0 saturated heterocycles. The first-order valence-electron chi connectivity index (χ1n) is 7.34. The molecule has 0 atom stereocenters. The van der Waals surface area contributed by atoms with E-state index in [0.717, 1.165) is 48.5 Å². The van der Waals surface area contributed by atoms with E-state index in [1.807, 2.05) is 12.3 Å². The van der Waals surface area contributed by atoms with Crippen LogP contribution in [-0.4, -0.2) is 24.6 Å². The van der Waals surface area contributed by atoms with Crippen molar-refractivity contribution in [3.63, 3.8) is 0 Å². The fourth-order valence-electron chi connectivity index (χ4n) is 2.42. The SMILES string of the molecule is CCNCc1cnc(N(CC)CC2CCC2)c(Cl)c1. The molecule has 3 nitrogen and oxygen atoms in total. The van der Waals surface area contributed by atoms with Crippen LogP contribution in [0.25, 0.3) is 0 Å². The van der Waals surface area contributed by atoms with Gasteiger partial charge in [0.25, 0.3) is 0 Å². The van der Waals surface area contributed by atoms with Crippen LogP contribution in [0.15, 0.2) is 12.3 Å². The first kappa shape index (κ1) is 14.6. The van der Waals surface area contributed by atoms with Crippen molar-refractivity contribution in [1.29, 1.82) is 0 Å². The minimum absolute atomic E-state index is 0.775. The van der Waals surface area contributed by atoms with Crippen LogP contribution in [0, 0.1) is 5.92 Å². The quantitative estimate of drug-likeness (QED) is 0.829. The molecular weight excluding hydrogens is 258 g/mol. The molecule has 0 bridgehead atoms. The molecular formula is C15H24ClN3. The van der Waals surface area contributed by atoms with Gasteiger partial charge in [-0.25, -0.2) is 4.98 Å². The molecule has 1 aromatic heterocycles. The lowest BCUT2D eigenvalue weighted by Crippen LogP contribution is -2.33. The van der Waals surface area contributed by atoms with Crippen LogP contribution in [0.4, 0.5) is 5.82 Å². The summed E-state index contributed by atoms with van der Waals surface area (Å²) in [5.41, 5.74) is 1.15. The maximum absolute atomic E-state index is 6.39. The Morgan fingerprint density at radius 2 is 2.21 bits per heavy atom. The van der Waals surface area contributed by atoms with Gasteiger partial charge >= 0.3 is 0 Å². The van der Waals surface area contributed by atoms with E-state index in [0.29, 0.717) is 0 Å². The van der Waals surface area contributed by atoms with Crippen LogP contribution in [0.5, 0.6) is 0 Å². The summed E-state index contributed by atoms with van der Waals surface area (Å²) in [5.74, 6) is 1.77. The minimum Gasteiger partial charge on any atom is -0.355 e. The molecule has 4 heteroatoms. The fraction of sp³-hybridized carbons (Fsp3) is 0.667. The van der Waals surface area contributed by atoms with Crippen molar-refractivity contribution < 1.29 is 0 Å². The predicted octanol–water partition coefficient (Wildman–Crippen LogP) is 3.47. The third-order valence-corrected chi connectivity index (χ3v) is 4.12. The third kappa shape index (κ3) is 3.83. The van der Waals surface area contributed by atoms with Gasteiger partial charge in [0.05, 0.1) is 5.02 Å². The molecule has 1 aliphatic carbocycles. The lowest BCUT2D eigenvalue weighted by molar-refractivity contribution is 0.318. The smallest absolute Gasteiger partial charge is 0.147 e. The number of pyridine rings is 1. The highest BCUT2D eigenvalue weighted by Gasteiger charge is 2.21. The summed E-state index contributed by atoms with van der Waals surface area (Å²) in [5, 5.41) is 4.07. The van der Waals surface area contributed by atoms with Gasteiger partial charge in [0.1, 0.15) is 5.82 Å². The molecule has 1 aliphatic rings. The number of rotatable bonds is 7. The van der Waals surface area contributed by atoms with E-state index < -0.39 is 0 Å². The molecule has 0 aromatic carbocycles. The Hall–Kier alpha value is -0.800. The summed E-state index contributed by atoms with van der Waals surface area (Å²) < 4.78 is 0. The summed E-state index contributed by atoms with van der Waals surface area (Å²) in [6, 6.07) is 2.04. The highest BCUT2D eigenvalue weighted by molar-refractivity contribution is 6.33. The maximum atomic E-state index is 6.39. The zero-order valence-electron chi connectivity index (χ0n) is 12.0. The standard InChI is InChI=1S/C15H24ClN3/c1-3-17-9-13-8-14(16)15(18-10-13)19(4-2)11-12-6-5-7-12/h8,10,12,17H,3-7,9,11H2,1-2H3. The van der Waals surface area contributed by atoms with Gasteiger partial charge in [-0.2, -0.15) is 0 Å². The van der Waals surface area contributed by atoms with Crippen molar-refractivity contribution in [2.24, 2.45) is 5.92 Å². The van der Waals surface area contributed by atoms with Crippen molar-refractivity contribution in [3.05, 3.63) is 22.8 Å². The summed E-state index contributed by atoms with van der Waals surface area (Å²) >= 11 is 6.39. The fourth-order valence-corrected chi connectivity index (χ4v) is 2.73. The molecule has 0 spiro atoms. The average Bonchev–Trinajstić information content (AvgIpc) is 2.36. The second kappa shape index (κ2) is 7.11. The lowest BCUT2D eigenvalue weighted by Gasteiger charge is -2.32. The number of anilines is 1. The molecule has 1 aromatic rings. The van der Waals surface area contributed by atoms with Crippen LogP contribution in [0.2, 0.25) is 5.02 Å². The van der Waals surface area contributed by atoms with Gasteiger partial charge in [0, 0.05) is 25.8 Å². The van der Waals surface area contributed by atoms with Gasteiger partial charge in [0.2, 0.25) is 0 Å². The van der Waals surface area contributed by atoms with Gasteiger partial charge in [-0.05, 0) is 43.9 Å². The number of aromatic nitrogens is 1. The first-order chi connectivity index (χ1) is 9.24. The van der Waals surface area contributed by atoms with Gasteiger partial charge in [0.15, 0.2) is 0 Å². The Morgan fingerprint density at radius 1 is 1.42 bits per heavy atom. The highest BCUT2D eigenvalue weighted by atomic mass is 35.5. The first-order valence-corrected chi connectivity index (χ1v) is 7.72. The van der Waals surface area contributed by atoms with E-state index in [2.05, 4.69) is 29.0 Å². The number of nitrogens with one attached hydrogen (secondary N) is 1. The molecule has 1 saturated carbocycles. The number of halogens is 1. The summed E-state index contributed by atoms with van der Waals surface area (Å²) in [6.45, 7) is 8.12. The van der Waals surface area contributed by atoms with E-state index >= 15 is 0 Å². The molecule has 0 amide bonds. The zero-order chi connectivity index (χ0) is 13.7. The molecule has 1 fully saturated rings. The van der Waals surface area contributed by atoms with Crippen LogP contribution in [0.1, 0.15) is 38.7 Å². The lowest BCUT2D eigenvalue weighted by atomic mass is 9.85. The summed E-state index contributed by atoms with van der Waals surface area (Å²) in [7, 11) is 0. The molecule has 0 unspecified atom stereocenters. The Kier molecular flexibility index (Phi) is 5.46. The van der Waals surface area contributed by atoms with Crippen LogP contribution >= 0.6 is 11.6 Å². The van der Waals surface area contributed by atoms with E-state index in [1.165, 1.54) is 19.3 Å². The second-order valence-corrected chi connectivity index (χ2v) is 5.67. The largest absolute Gasteiger partial charge is 0.355 e.